The van der Waals surface area contributed by atoms with E-state index in [4.69, 9.17) is 4.74 Å². The molecule has 0 aromatic heterocycles. The Balaban J connectivity index is 1.92. The summed E-state index contributed by atoms with van der Waals surface area (Å²) in [5, 5.41) is 13.0. The number of ether oxygens (including phenoxy) is 1. The number of carbonyl (C=O) groups excluding carboxylic acids is 1. The standard InChI is InChI=1S/C20H30N2O3/c1-4-9-21-20(24)11-16-8-10-22(13-15(16)5-2)14-17-6-7-18(25-3)12-19(17)23/h4,6-7,12,15-16,23H,1,5,8-11,13-14H2,2-3H3,(H,21,24). The molecule has 2 rings (SSSR count). The van der Waals surface area contributed by atoms with Crippen molar-refractivity contribution in [1.29, 1.82) is 0 Å². The van der Waals surface area contributed by atoms with Gasteiger partial charge >= 0.3 is 0 Å². The Morgan fingerprint density at radius 3 is 2.92 bits per heavy atom. The molecule has 1 aromatic rings. The van der Waals surface area contributed by atoms with Crippen molar-refractivity contribution in [3.63, 3.8) is 0 Å². The van der Waals surface area contributed by atoms with Crippen molar-refractivity contribution in [1.82, 2.24) is 10.2 Å². The number of nitrogens with zero attached hydrogens (tertiary/aromatic N) is 1. The van der Waals surface area contributed by atoms with E-state index >= 15 is 0 Å². The van der Waals surface area contributed by atoms with Gasteiger partial charge in [-0.2, -0.15) is 0 Å². The van der Waals surface area contributed by atoms with Crippen molar-refractivity contribution in [2.45, 2.75) is 32.7 Å². The second-order valence-corrected chi connectivity index (χ2v) is 6.74. The molecule has 1 fully saturated rings. The van der Waals surface area contributed by atoms with Crippen LogP contribution in [-0.2, 0) is 11.3 Å². The van der Waals surface area contributed by atoms with Gasteiger partial charge in [0.05, 0.1) is 7.11 Å². The summed E-state index contributed by atoms with van der Waals surface area (Å²) in [6.07, 6.45) is 4.37. The highest BCUT2D eigenvalue weighted by molar-refractivity contribution is 5.76. The maximum atomic E-state index is 12.0. The van der Waals surface area contributed by atoms with Gasteiger partial charge in [0.2, 0.25) is 5.91 Å². The van der Waals surface area contributed by atoms with Crippen LogP contribution >= 0.6 is 0 Å². The van der Waals surface area contributed by atoms with Crippen LogP contribution in [0.15, 0.2) is 30.9 Å². The van der Waals surface area contributed by atoms with E-state index < -0.39 is 0 Å². The number of nitrogens with one attached hydrogen (secondary N) is 1. The number of rotatable bonds is 8. The highest BCUT2D eigenvalue weighted by Crippen LogP contribution is 2.31. The molecule has 0 spiro atoms. The summed E-state index contributed by atoms with van der Waals surface area (Å²) in [6, 6.07) is 5.45. The van der Waals surface area contributed by atoms with E-state index in [2.05, 4.69) is 23.7 Å². The van der Waals surface area contributed by atoms with Gasteiger partial charge in [-0.1, -0.05) is 25.5 Å². The summed E-state index contributed by atoms with van der Waals surface area (Å²) < 4.78 is 5.14. The zero-order chi connectivity index (χ0) is 18.2. The molecule has 1 aromatic carbocycles. The van der Waals surface area contributed by atoms with Crippen LogP contribution in [0.5, 0.6) is 11.5 Å². The van der Waals surface area contributed by atoms with Crippen molar-refractivity contribution in [2.75, 3.05) is 26.7 Å². The molecule has 2 atom stereocenters. The normalized spacial score (nSPS) is 20.9. The van der Waals surface area contributed by atoms with E-state index in [1.807, 2.05) is 12.1 Å². The summed E-state index contributed by atoms with van der Waals surface area (Å²) in [7, 11) is 1.59. The molecular formula is C20H30N2O3. The molecule has 1 aliphatic rings. The molecule has 0 radical (unpaired) electrons. The number of hydrogen-bond donors (Lipinski definition) is 2. The third kappa shape index (κ3) is 5.49. The summed E-state index contributed by atoms with van der Waals surface area (Å²) in [4.78, 5) is 14.4. The van der Waals surface area contributed by atoms with E-state index in [1.54, 1.807) is 19.3 Å². The molecule has 5 heteroatoms. The largest absolute Gasteiger partial charge is 0.507 e. The first kappa shape index (κ1) is 19.3. The SMILES string of the molecule is C=CCNC(=O)CC1CCN(Cc2ccc(OC)cc2O)CC1CC. The summed E-state index contributed by atoms with van der Waals surface area (Å²) in [6.45, 7) is 8.98. The van der Waals surface area contributed by atoms with E-state index in [0.29, 0.717) is 30.6 Å². The fourth-order valence-electron chi connectivity index (χ4n) is 3.57. The Morgan fingerprint density at radius 1 is 1.48 bits per heavy atom. The second kappa shape index (κ2) is 9.47. The monoisotopic (exact) mass is 346 g/mol. The number of carbonyl (C=O) groups is 1. The Bertz CT molecular complexity index is 588. The maximum Gasteiger partial charge on any atom is 0.220 e. The summed E-state index contributed by atoms with van der Waals surface area (Å²) in [5.74, 6) is 1.99. The Kier molecular flexibility index (Phi) is 7.31. The van der Waals surface area contributed by atoms with Gasteiger partial charge < -0.3 is 15.2 Å². The Labute approximate surface area is 150 Å². The number of likely N-dealkylation sites (tertiary alicyclic amines) is 1. The fourth-order valence-corrected chi connectivity index (χ4v) is 3.57. The number of phenols is 1. The average Bonchev–Trinajstić information content (AvgIpc) is 2.62. The Hall–Kier alpha value is -2.01. The highest BCUT2D eigenvalue weighted by Gasteiger charge is 2.29. The van der Waals surface area contributed by atoms with Gasteiger partial charge in [0, 0.05) is 37.7 Å². The predicted molar refractivity (Wildman–Crippen MR) is 99.6 cm³/mol. The van der Waals surface area contributed by atoms with Gasteiger partial charge in [-0.25, -0.2) is 0 Å². The number of benzene rings is 1. The van der Waals surface area contributed by atoms with Crippen LogP contribution < -0.4 is 10.1 Å². The van der Waals surface area contributed by atoms with Gasteiger partial charge in [-0.3, -0.25) is 9.69 Å². The van der Waals surface area contributed by atoms with Crippen LogP contribution in [-0.4, -0.2) is 42.7 Å². The molecular weight excluding hydrogens is 316 g/mol. The first-order valence-corrected chi connectivity index (χ1v) is 9.03. The van der Waals surface area contributed by atoms with Crippen molar-refractivity contribution in [3.05, 3.63) is 36.4 Å². The van der Waals surface area contributed by atoms with E-state index in [1.165, 1.54) is 0 Å². The van der Waals surface area contributed by atoms with Crippen molar-refractivity contribution < 1.29 is 14.6 Å². The molecule has 2 unspecified atom stereocenters. The van der Waals surface area contributed by atoms with Gasteiger partial charge in [-0.15, -0.1) is 6.58 Å². The van der Waals surface area contributed by atoms with Crippen molar-refractivity contribution in [2.24, 2.45) is 11.8 Å². The van der Waals surface area contributed by atoms with Crippen LogP contribution in [0, 0.1) is 11.8 Å². The molecule has 0 saturated carbocycles. The number of piperidine rings is 1. The van der Waals surface area contributed by atoms with Gasteiger partial charge in [0.15, 0.2) is 0 Å². The van der Waals surface area contributed by atoms with Crippen LogP contribution in [0.4, 0.5) is 0 Å². The number of aromatic hydroxyl groups is 1. The summed E-state index contributed by atoms with van der Waals surface area (Å²) >= 11 is 0. The Morgan fingerprint density at radius 2 is 2.28 bits per heavy atom. The molecule has 1 aliphatic heterocycles. The van der Waals surface area contributed by atoms with Crippen molar-refractivity contribution >= 4 is 5.91 Å². The van der Waals surface area contributed by atoms with Crippen LogP contribution in [0.1, 0.15) is 31.7 Å². The fraction of sp³-hybridized carbons (Fsp3) is 0.550. The maximum absolute atomic E-state index is 12.0. The quantitative estimate of drug-likeness (QED) is 0.711. The van der Waals surface area contributed by atoms with Crippen LogP contribution in [0.2, 0.25) is 0 Å². The van der Waals surface area contributed by atoms with Gasteiger partial charge in [0.25, 0.3) is 0 Å². The molecule has 1 heterocycles. The third-order valence-corrected chi connectivity index (χ3v) is 5.08. The minimum atomic E-state index is 0.115. The second-order valence-electron chi connectivity index (χ2n) is 6.74. The first-order valence-electron chi connectivity index (χ1n) is 9.03. The lowest BCUT2D eigenvalue weighted by molar-refractivity contribution is -0.122. The molecule has 1 amide bonds. The van der Waals surface area contributed by atoms with E-state index in [9.17, 15) is 9.90 Å². The lowest BCUT2D eigenvalue weighted by Crippen LogP contribution is -2.41. The zero-order valence-electron chi connectivity index (χ0n) is 15.3. The number of hydrogen-bond acceptors (Lipinski definition) is 4. The van der Waals surface area contributed by atoms with E-state index in [-0.39, 0.29) is 11.7 Å². The molecule has 138 valence electrons. The average molecular weight is 346 g/mol. The van der Waals surface area contributed by atoms with Gasteiger partial charge in [0.1, 0.15) is 11.5 Å². The third-order valence-electron chi connectivity index (χ3n) is 5.08. The number of methoxy groups -OCH3 is 1. The van der Waals surface area contributed by atoms with Crippen LogP contribution in [0.3, 0.4) is 0 Å². The lowest BCUT2D eigenvalue weighted by atomic mass is 9.81. The molecule has 5 nitrogen and oxygen atoms in total. The topological polar surface area (TPSA) is 61.8 Å². The highest BCUT2D eigenvalue weighted by atomic mass is 16.5. The number of phenolic OH excluding ortho intramolecular Hbond substituents is 1. The zero-order valence-corrected chi connectivity index (χ0v) is 15.3. The lowest BCUT2D eigenvalue weighted by Gasteiger charge is -2.38. The molecule has 0 bridgehead atoms. The molecule has 1 saturated heterocycles. The molecule has 0 aliphatic carbocycles. The summed E-state index contributed by atoms with van der Waals surface area (Å²) in [5.41, 5.74) is 0.915. The first-order chi connectivity index (χ1) is 12.1. The van der Waals surface area contributed by atoms with Crippen LogP contribution in [0.25, 0.3) is 0 Å². The minimum Gasteiger partial charge on any atom is -0.507 e. The molecule has 2 N–H and O–H groups in total. The molecule has 25 heavy (non-hydrogen) atoms. The van der Waals surface area contributed by atoms with E-state index in [0.717, 1.165) is 38.0 Å². The van der Waals surface area contributed by atoms with Crippen molar-refractivity contribution in [3.8, 4) is 11.5 Å². The van der Waals surface area contributed by atoms with Gasteiger partial charge in [-0.05, 0) is 30.9 Å². The minimum absolute atomic E-state index is 0.115. The predicted octanol–water partition coefficient (Wildman–Crippen LogP) is 2.94. The smallest absolute Gasteiger partial charge is 0.220 e. The number of amides is 1.